The summed E-state index contributed by atoms with van der Waals surface area (Å²) in [4.78, 5) is 2.53. The number of rotatable bonds is 6. The van der Waals surface area contributed by atoms with Gasteiger partial charge in [0.2, 0.25) is 0 Å². The van der Waals surface area contributed by atoms with E-state index in [1.54, 1.807) is 0 Å². The van der Waals surface area contributed by atoms with Gasteiger partial charge in [0.05, 0.1) is 0 Å². The van der Waals surface area contributed by atoms with Crippen LogP contribution in [0, 0.1) is 0 Å². The summed E-state index contributed by atoms with van der Waals surface area (Å²) in [5.41, 5.74) is 0. The Hall–Kier alpha value is -0.350. The van der Waals surface area contributed by atoms with Crippen LogP contribution in [0.25, 0.3) is 0 Å². The molecule has 0 aromatic heterocycles. The van der Waals surface area contributed by atoms with Gasteiger partial charge in [0.1, 0.15) is 0 Å². The molecule has 1 unspecified atom stereocenters. The first-order valence-corrected chi connectivity index (χ1v) is 6.90. The maximum atomic E-state index is 5.22. The van der Waals surface area contributed by atoms with Crippen molar-refractivity contribution in [3.63, 3.8) is 0 Å². The largest absolute Gasteiger partial charge is 0.363 e. The van der Waals surface area contributed by atoms with E-state index in [0.717, 1.165) is 18.2 Å². The second-order valence-corrected chi connectivity index (χ2v) is 4.99. The maximum absolute atomic E-state index is 5.22. The molecule has 16 heavy (non-hydrogen) atoms. The summed E-state index contributed by atoms with van der Waals surface area (Å²) in [7, 11) is 0. The minimum atomic E-state index is 0.591. The van der Waals surface area contributed by atoms with Crippen LogP contribution in [-0.4, -0.2) is 42.2 Å². The van der Waals surface area contributed by atoms with Crippen LogP contribution >= 0.6 is 12.2 Å². The molecule has 1 rings (SSSR count). The van der Waals surface area contributed by atoms with Gasteiger partial charge in [-0.15, -0.1) is 0 Å². The fraction of sp³-hybridized carbons (Fsp3) is 0.917. The van der Waals surface area contributed by atoms with Crippen molar-refractivity contribution in [1.82, 2.24) is 15.5 Å². The lowest BCUT2D eigenvalue weighted by Gasteiger charge is -2.24. The predicted molar refractivity (Wildman–Crippen MR) is 73.8 cm³/mol. The monoisotopic (exact) mass is 243 g/mol. The molecule has 1 saturated heterocycles. The topological polar surface area (TPSA) is 27.3 Å². The molecule has 4 heteroatoms. The Morgan fingerprint density at radius 1 is 1.31 bits per heavy atom. The summed E-state index contributed by atoms with van der Waals surface area (Å²) in [5.74, 6) is 0. The third-order valence-corrected chi connectivity index (χ3v) is 3.43. The molecular weight excluding hydrogens is 218 g/mol. The Morgan fingerprint density at radius 2 is 2.00 bits per heavy atom. The number of hydrogen-bond donors (Lipinski definition) is 2. The maximum Gasteiger partial charge on any atom is 0.166 e. The van der Waals surface area contributed by atoms with E-state index in [9.17, 15) is 0 Å². The van der Waals surface area contributed by atoms with Crippen molar-refractivity contribution in [3.8, 4) is 0 Å². The predicted octanol–water partition coefficient (Wildman–Crippen LogP) is 1.73. The fourth-order valence-electron chi connectivity index (χ4n) is 1.99. The molecule has 94 valence electrons. The summed E-state index contributed by atoms with van der Waals surface area (Å²) in [6, 6.07) is 0.591. The highest BCUT2D eigenvalue weighted by Crippen LogP contribution is 2.10. The molecule has 3 nitrogen and oxygen atoms in total. The lowest BCUT2D eigenvalue weighted by Crippen LogP contribution is -2.44. The molecule has 1 aliphatic rings. The van der Waals surface area contributed by atoms with Gasteiger partial charge in [0.15, 0.2) is 5.11 Å². The van der Waals surface area contributed by atoms with Crippen LogP contribution in [0.2, 0.25) is 0 Å². The second kappa shape index (κ2) is 7.85. The standard InChI is InChI=1S/C12H25N3S/c1-3-4-7-13-12(16)14-10-11(2)15-8-5-6-9-15/h11H,3-10H2,1-2H3,(H2,13,14,16). The second-order valence-electron chi connectivity index (χ2n) is 4.58. The molecule has 1 aliphatic heterocycles. The number of hydrogen-bond acceptors (Lipinski definition) is 2. The van der Waals surface area contributed by atoms with Crippen LogP contribution < -0.4 is 10.6 Å². The van der Waals surface area contributed by atoms with Crippen LogP contribution in [0.15, 0.2) is 0 Å². The van der Waals surface area contributed by atoms with E-state index in [-0.39, 0.29) is 0 Å². The molecule has 0 aliphatic carbocycles. The molecule has 0 bridgehead atoms. The van der Waals surface area contributed by atoms with Crippen molar-refractivity contribution >= 4 is 17.3 Å². The Labute approximate surface area is 105 Å². The minimum Gasteiger partial charge on any atom is -0.363 e. The number of nitrogens with zero attached hydrogens (tertiary/aromatic N) is 1. The molecule has 0 aromatic carbocycles. The molecule has 1 fully saturated rings. The summed E-state index contributed by atoms with van der Waals surface area (Å²) < 4.78 is 0. The Kier molecular flexibility index (Phi) is 6.73. The van der Waals surface area contributed by atoms with E-state index < -0.39 is 0 Å². The Balaban J connectivity index is 2.06. The lowest BCUT2D eigenvalue weighted by atomic mass is 10.3. The zero-order valence-corrected chi connectivity index (χ0v) is 11.4. The molecule has 0 radical (unpaired) electrons. The van der Waals surface area contributed by atoms with Crippen LogP contribution in [0.3, 0.4) is 0 Å². The van der Waals surface area contributed by atoms with E-state index in [1.165, 1.54) is 38.8 Å². The smallest absolute Gasteiger partial charge is 0.166 e. The van der Waals surface area contributed by atoms with Crippen molar-refractivity contribution in [2.45, 2.75) is 45.6 Å². The summed E-state index contributed by atoms with van der Waals surface area (Å²) in [6.07, 6.45) is 5.09. The highest BCUT2D eigenvalue weighted by molar-refractivity contribution is 7.80. The van der Waals surface area contributed by atoms with E-state index in [0.29, 0.717) is 6.04 Å². The van der Waals surface area contributed by atoms with E-state index in [2.05, 4.69) is 29.4 Å². The van der Waals surface area contributed by atoms with Crippen molar-refractivity contribution in [2.75, 3.05) is 26.2 Å². The van der Waals surface area contributed by atoms with Crippen molar-refractivity contribution in [2.24, 2.45) is 0 Å². The Bertz CT molecular complexity index is 202. The molecule has 0 spiro atoms. The summed E-state index contributed by atoms with van der Waals surface area (Å²) in [5, 5.41) is 7.33. The Morgan fingerprint density at radius 3 is 2.62 bits per heavy atom. The first-order valence-electron chi connectivity index (χ1n) is 6.49. The third kappa shape index (κ3) is 5.12. The van der Waals surface area contributed by atoms with Gasteiger partial charge in [0.25, 0.3) is 0 Å². The molecule has 1 heterocycles. The molecule has 0 aromatic rings. The first kappa shape index (κ1) is 13.7. The van der Waals surface area contributed by atoms with Crippen molar-refractivity contribution in [1.29, 1.82) is 0 Å². The highest BCUT2D eigenvalue weighted by atomic mass is 32.1. The van der Waals surface area contributed by atoms with E-state index in [4.69, 9.17) is 12.2 Å². The third-order valence-electron chi connectivity index (χ3n) is 3.14. The number of unbranched alkanes of at least 4 members (excludes halogenated alkanes) is 1. The number of nitrogens with one attached hydrogen (secondary N) is 2. The molecule has 2 N–H and O–H groups in total. The van der Waals surface area contributed by atoms with Crippen LogP contribution in [0.4, 0.5) is 0 Å². The molecule has 0 saturated carbocycles. The van der Waals surface area contributed by atoms with Gasteiger partial charge < -0.3 is 10.6 Å². The first-order chi connectivity index (χ1) is 7.74. The van der Waals surface area contributed by atoms with Gasteiger partial charge in [-0.1, -0.05) is 13.3 Å². The molecule has 0 amide bonds. The van der Waals surface area contributed by atoms with Crippen molar-refractivity contribution in [3.05, 3.63) is 0 Å². The van der Waals surface area contributed by atoms with Crippen LogP contribution in [-0.2, 0) is 0 Å². The molecular formula is C12H25N3S. The van der Waals surface area contributed by atoms with Crippen LogP contribution in [0.5, 0.6) is 0 Å². The zero-order chi connectivity index (χ0) is 11.8. The summed E-state index contributed by atoms with van der Waals surface area (Å²) >= 11 is 5.22. The van der Waals surface area contributed by atoms with Gasteiger partial charge >= 0.3 is 0 Å². The van der Waals surface area contributed by atoms with Crippen molar-refractivity contribution < 1.29 is 0 Å². The van der Waals surface area contributed by atoms with E-state index >= 15 is 0 Å². The SMILES string of the molecule is CCCCNC(=S)NCC(C)N1CCCC1. The lowest BCUT2D eigenvalue weighted by molar-refractivity contribution is 0.259. The average Bonchev–Trinajstić information content (AvgIpc) is 2.79. The van der Waals surface area contributed by atoms with Gasteiger partial charge in [-0.2, -0.15) is 0 Å². The van der Waals surface area contributed by atoms with Crippen LogP contribution in [0.1, 0.15) is 39.5 Å². The number of thiocarbonyl (C=S) groups is 1. The fourth-order valence-corrected chi connectivity index (χ4v) is 2.18. The summed E-state index contributed by atoms with van der Waals surface area (Å²) in [6.45, 7) is 8.90. The normalized spacial score (nSPS) is 18.4. The quantitative estimate of drug-likeness (QED) is 0.549. The minimum absolute atomic E-state index is 0.591. The van der Waals surface area contributed by atoms with Gasteiger partial charge in [-0.25, -0.2) is 0 Å². The zero-order valence-electron chi connectivity index (χ0n) is 10.6. The van der Waals surface area contributed by atoms with E-state index in [1.807, 2.05) is 0 Å². The average molecular weight is 243 g/mol. The van der Waals surface area contributed by atoms with Gasteiger partial charge in [-0.05, 0) is 51.5 Å². The highest BCUT2D eigenvalue weighted by Gasteiger charge is 2.17. The van der Waals surface area contributed by atoms with Gasteiger partial charge in [0, 0.05) is 19.1 Å². The number of likely N-dealkylation sites (tertiary alicyclic amines) is 1. The van der Waals surface area contributed by atoms with Gasteiger partial charge in [-0.3, -0.25) is 4.90 Å². The molecule has 1 atom stereocenters.